The molecule has 0 aromatic rings. The highest BCUT2D eigenvalue weighted by Gasteiger charge is 2.15. The fourth-order valence-corrected chi connectivity index (χ4v) is 2.78. The number of amidine groups is 1. The highest BCUT2D eigenvalue weighted by atomic mass is 32.2. The molecular weight excluding hydrogens is 200 g/mol. The fourth-order valence-electron chi connectivity index (χ4n) is 1.17. The van der Waals surface area contributed by atoms with Crippen LogP contribution in [0.15, 0.2) is 4.99 Å². The molecule has 0 radical (unpaired) electrons. The standard InChI is InChI=1S/C9H18N2S2/c1-7(5-12-3)4-10-9-11-8(2)6-13-9/h7-8H,4-6H2,1-3H3,(H,10,11). The lowest BCUT2D eigenvalue weighted by molar-refractivity contribution is 0.673. The van der Waals surface area contributed by atoms with Crippen LogP contribution >= 0.6 is 23.5 Å². The molecule has 1 aliphatic heterocycles. The molecule has 0 aromatic heterocycles. The Labute approximate surface area is 89.3 Å². The van der Waals surface area contributed by atoms with E-state index in [4.69, 9.17) is 0 Å². The van der Waals surface area contributed by atoms with Crippen LogP contribution in [0.2, 0.25) is 0 Å². The van der Waals surface area contributed by atoms with E-state index in [0.717, 1.165) is 17.5 Å². The molecule has 0 saturated carbocycles. The number of hydrogen-bond donors (Lipinski definition) is 1. The zero-order chi connectivity index (χ0) is 9.68. The van der Waals surface area contributed by atoms with E-state index in [1.807, 2.05) is 23.5 Å². The quantitative estimate of drug-likeness (QED) is 0.782. The Morgan fingerprint density at radius 2 is 2.54 bits per heavy atom. The van der Waals surface area contributed by atoms with E-state index in [2.05, 4.69) is 30.4 Å². The smallest absolute Gasteiger partial charge is 0.156 e. The first-order chi connectivity index (χ1) is 6.22. The first-order valence-electron chi connectivity index (χ1n) is 4.65. The number of aliphatic imine (C=N–C) groups is 1. The molecule has 2 atom stereocenters. The molecular formula is C9H18N2S2. The Balaban J connectivity index is 2.23. The summed E-state index contributed by atoms with van der Waals surface area (Å²) in [6, 6.07) is 0.597. The third-order valence-electron chi connectivity index (χ3n) is 1.84. The van der Waals surface area contributed by atoms with E-state index in [9.17, 15) is 0 Å². The maximum atomic E-state index is 4.55. The summed E-state index contributed by atoms with van der Waals surface area (Å²) in [7, 11) is 0. The van der Waals surface area contributed by atoms with Crippen molar-refractivity contribution in [2.75, 3.05) is 24.3 Å². The van der Waals surface area contributed by atoms with E-state index in [-0.39, 0.29) is 0 Å². The van der Waals surface area contributed by atoms with Crippen molar-refractivity contribution < 1.29 is 0 Å². The van der Waals surface area contributed by atoms with Crippen LogP contribution in [0.1, 0.15) is 13.8 Å². The average molecular weight is 218 g/mol. The van der Waals surface area contributed by atoms with Gasteiger partial charge in [0.15, 0.2) is 5.17 Å². The van der Waals surface area contributed by atoms with E-state index in [1.165, 1.54) is 5.75 Å². The van der Waals surface area contributed by atoms with Gasteiger partial charge >= 0.3 is 0 Å². The zero-order valence-corrected chi connectivity index (χ0v) is 10.2. The van der Waals surface area contributed by atoms with Gasteiger partial charge in [-0.15, -0.1) is 0 Å². The van der Waals surface area contributed by atoms with Crippen molar-refractivity contribution in [3.05, 3.63) is 0 Å². The zero-order valence-electron chi connectivity index (χ0n) is 8.54. The number of hydrogen-bond acceptors (Lipinski definition) is 3. The summed E-state index contributed by atoms with van der Waals surface area (Å²) in [6.07, 6.45) is 2.15. The SMILES string of the molecule is CSCC(C)CN=C1NC(C)CS1. The average Bonchev–Trinajstić information content (AvgIpc) is 2.49. The van der Waals surface area contributed by atoms with Crippen molar-refractivity contribution in [2.24, 2.45) is 10.9 Å². The second kappa shape index (κ2) is 5.81. The van der Waals surface area contributed by atoms with Gasteiger partial charge in [0.25, 0.3) is 0 Å². The maximum absolute atomic E-state index is 4.55. The van der Waals surface area contributed by atoms with Crippen LogP contribution in [0.3, 0.4) is 0 Å². The van der Waals surface area contributed by atoms with Gasteiger partial charge in [-0.1, -0.05) is 18.7 Å². The van der Waals surface area contributed by atoms with E-state index < -0.39 is 0 Å². The van der Waals surface area contributed by atoms with Crippen molar-refractivity contribution in [1.82, 2.24) is 5.32 Å². The number of nitrogens with one attached hydrogen (secondary N) is 1. The molecule has 0 aromatic carbocycles. The van der Waals surface area contributed by atoms with Crippen LogP contribution in [-0.2, 0) is 0 Å². The van der Waals surface area contributed by atoms with Crippen LogP contribution < -0.4 is 5.32 Å². The normalized spacial score (nSPS) is 27.6. The van der Waals surface area contributed by atoms with Gasteiger partial charge in [0.1, 0.15) is 0 Å². The minimum atomic E-state index is 0.597. The number of nitrogens with zero attached hydrogens (tertiary/aromatic N) is 1. The van der Waals surface area contributed by atoms with Gasteiger partial charge in [-0.2, -0.15) is 11.8 Å². The van der Waals surface area contributed by atoms with Crippen LogP contribution in [0.25, 0.3) is 0 Å². The van der Waals surface area contributed by atoms with Crippen LogP contribution in [0, 0.1) is 5.92 Å². The molecule has 2 nitrogen and oxygen atoms in total. The molecule has 0 amide bonds. The topological polar surface area (TPSA) is 24.4 Å². The van der Waals surface area contributed by atoms with Gasteiger partial charge in [-0.05, 0) is 24.9 Å². The second-order valence-corrected chi connectivity index (χ2v) is 5.48. The molecule has 1 aliphatic rings. The van der Waals surface area contributed by atoms with Gasteiger partial charge in [0.2, 0.25) is 0 Å². The molecule has 0 bridgehead atoms. The molecule has 76 valence electrons. The van der Waals surface area contributed by atoms with Gasteiger partial charge in [-0.3, -0.25) is 4.99 Å². The summed E-state index contributed by atoms with van der Waals surface area (Å²) < 4.78 is 0. The van der Waals surface area contributed by atoms with E-state index in [1.54, 1.807) is 0 Å². The van der Waals surface area contributed by atoms with Gasteiger partial charge in [-0.25, -0.2) is 0 Å². The Morgan fingerprint density at radius 3 is 3.08 bits per heavy atom. The van der Waals surface area contributed by atoms with Crippen molar-refractivity contribution >= 4 is 28.7 Å². The minimum Gasteiger partial charge on any atom is -0.362 e. The summed E-state index contributed by atoms with van der Waals surface area (Å²) in [4.78, 5) is 4.55. The second-order valence-electron chi connectivity index (χ2n) is 3.56. The Kier molecular flexibility index (Phi) is 5.02. The summed E-state index contributed by atoms with van der Waals surface area (Å²) in [5.74, 6) is 3.06. The van der Waals surface area contributed by atoms with Gasteiger partial charge in [0.05, 0.1) is 0 Å². The lowest BCUT2D eigenvalue weighted by atomic mass is 10.2. The predicted octanol–water partition coefficient (Wildman–Crippen LogP) is 2.07. The summed E-state index contributed by atoms with van der Waals surface area (Å²) >= 11 is 3.74. The van der Waals surface area contributed by atoms with Gasteiger partial charge in [0, 0.05) is 18.3 Å². The first-order valence-corrected chi connectivity index (χ1v) is 7.03. The van der Waals surface area contributed by atoms with Crippen molar-refractivity contribution in [3.8, 4) is 0 Å². The molecule has 1 fully saturated rings. The van der Waals surface area contributed by atoms with E-state index >= 15 is 0 Å². The van der Waals surface area contributed by atoms with Crippen molar-refractivity contribution in [3.63, 3.8) is 0 Å². The van der Waals surface area contributed by atoms with Crippen LogP contribution in [0.5, 0.6) is 0 Å². The molecule has 1 rings (SSSR count). The molecule has 13 heavy (non-hydrogen) atoms. The Hall–Kier alpha value is 0.170. The summed E-state index contributed by atoms with van der Waals surface area (Å²) in [5, 5.41) is 4.50. The van der Waals surface area contributed by atoms with Crippen molar-refractivity contribution in [2.45, 2.75) is 19.9 Å². The molecule has 1 saturated heterocycles. The number of thioether (sulfide) groups is 2. The summed E-state index contributed by atoms with van der Waals surface area (Å²) in [5.41, 5.74) is 0. The van der Waals surface area contributed by atoms with Crippen molar-refractivity contribution in [1.29, 1.82) is 0 Å². The van der Waals surface area contributed by atoms with Gasteiger partial charge < -0.3 is 5.32 Å². The van der Waals surface area contributed by atoms with Crippen LogP contribution in [0.4, 0.5) is 0 Å². The Morgan fingerprint density at radius 1 is 1.77 bits per heavy atom. The largest absolute Gasteiger partial charge is 0.362 e. The minimum absolute atomic E-state index is 0.597. The third-order valence-corrected chi connectivity index (χ3v) is 3.93. The molecule has 1 heterocycles. The molecule has 0 spiro atoms. The number of rotatable bonds is 4. The fraction of sp³-hybridized carbons (Fsp3) is 0.889. The molecule has 0 aliphatic carbocycles. The highest BCUT2D eigenvalue weighted by Crippen LogP contribution is 2.14. The Bertz CT molecular complexity index is 182. The monoisotopic (exact) mass is 218 g/mol. The first kappa shape index (κ1) is 11.2. The predicted molar refractivity (Wildman–Crippen MR) is 64.9 cm³/mol. The lowest BCUT2D eigenvalue weighted by Crippen LogP contribution is -2.23. The molecule has 1 N–H and O–H groups in total. The highest BCUT2D eigenvalue weighted by molar-refractivity contribution is 8.14. The maximum Gasteiger partial charge on any atom is 0.156 e. The van der Waals surface area contributed by atoms with Crippen LogP contribution in [-0.4, -0.2) is 35.5 Å². The third kappa shape index (κ3) is 4.27. The summed E-state index contributed by atoms with van der Waals surface area (Å²) in [6.45, 7) is 5.41. The molecule has 2 unspecified atom stereocenters. The van der Waals surface area contributed by atoms with E-state index in [0.29, 0.717) is 12.0 Å². The lowest BCUT2D eigenvalue weighted by Gasteiger charge is -2.06. The molecule has 4 heteroatoms.